The minimum absolute atomic E-state index is 0.746. The van der Waals surface area contributed by atoms with Gasteiger partial charge in [-0.25, -0.2) is 0 Å². The molecule has 98 valence electrons. The molecule has 0 aromatic carbocycles. The molecule has 3 rings (SSSR count). The van der Waals surface area contributed by atoms with Crippen LogP contribution in [-0.2, 0) is 0 Å². The molecule has 3 aliphatic carbocycles. The van der Waals surface area contributed by atoms with Gasteiger partial charge in [0.05, 0.1) is 0 Å². The molecule has 3 atom stereocenters. The molecule has 0 aliphatic heterocycles. The molecule has 17 heavy (non-hydrogen) atoms. The predicted molar refractivity (Wildman–Crippen MR) is 76.6 cm³/mol. The maximum absolute atomic E-state index is 4.03. The Bertz CT molecular complexity index is 260. The molecular formula is C15H27NS. The van der Waals surface area contributed by atoms with Crippen molar-refractivity contribution in [1.82, 2.24) is 5.32 Å². The van der Waals surface area contributed by atoms with Crippen LogP contribution in [0.3, 0.4) is 0 Å². The molecular weight excluding hydrogens is 226 g/mol. The summed E-state index contributed by atoms with van der Waals surface area (Å²) in [7, 11) is 0. The van der Waals surface area contributed by atoms with Gasteiger partial charge in [-0.15, -0.1) is 0 Å². The van der Waals surface area contributed by atoms with Crippen LogP contribution in [-0.4, -0.2) is 23.6 Å². The lowest BCUT2D eigenvalue weighted by atomic mass is 9.57. The first-order chi connectivity index (χ1) is 8.32. The van der Waals surface area contributed by atoms with Crippen molar-refractivity contribution in [2.24, 2.45) is 5.41 Å². The molecule has 1 spiro atoms. The average Bonchev–Trinajstić information content (AvgIpc) is 2.83. The normalized spacial score (nSPS) is 40.4. The van der Waals surface area contributed by atoms with Gasteiger partial charge in [-0.05, 0) is 56.6 Å². The van der Waals surface area contributed by atoms with Gasteiger partial charge in [0.1, 0.15) is 0 Å². The van der Waals surface area contributed by atoms with Crippen LogP contribution in [0.25, 0.3) is 0 Å². The van der Waals surface area contributed by atoms with E-state index in [0.29, 0.717) is 0 Å². The summed E-state index contributed by atoms with van der Waals surface area (Å²) in [5, 5.41) is 4.97. The molecule has 3 saturated carbocycles. The Morgan fingerprint density at radius 1 is 1.00 bits per heavy atom. The monoisotopic (exact) mass is 253 g/mol. The maximum atomic E-state index is 4.03. The fourth-order valence-corrected chi connectivity index (χ4v) is 5.20. The van der Waals surface area contributed by atoms with Crippen LogP contribution in [0.4, 0.5) is 0 Å². The summed E-state index contributed by atoms with van der Waals surface area (Å²) in [5.74, 6) is 0. The van der Waals surface area contributed by atoms with Crippen molar-refractivity contribution in [2.75, 3.05) is 6.26 Å². The molecule has 1 N–H and O–H groups in total. The minimum Gasteiger partial charge on any atom is -0.311 e. The topological polar surface area (TPSA) is 12.0 Å². The zero-order valence-corrected chi connectivity index (χ0v) is 12.0. The van der Waals surface area contributed by atoms with Crippen LogP contribution in [0, 0.1) is 5.41 Å². The molecule has 3 aliphatic rings. The van der Waals surface area contributed by atoms with E-state index in [1.165, 1.54) is 64.2 Å². The summed E-state index contributed by atoms with van der Waals surface area (Å²) in [6.45, 7) is 0. The summed E-state index contributed by atoms with van der Waals surface area (Å²) in [6, 6.07) is 1.73. The first-order valence-corrected chi connectivity index (χ1v) is 8.90. The third-order valence-corrected chi connectivity index (χ3v) is 6.77. The second kappa shape index (κ2) is 5.13. The third-order valence-electron chi connectivity index (χ3n) is 5.67. The van der Waals surface area contributed by atoms with Crippen LogP contribution >= 0.6 is 11.8 Å². The van der Waals surface area contributed by atoms with Crippen LogP contribution in [0.15, 0.2) is 0 Å². The van der Waals surface area contributed by atoms with E-state index < -0.39 is 0 Å². The Hall–Kier alpha value is 0.310. The maximum Gasteiger partial charge on any atom is 0.0126 e. The Balaban J connectivity index is 1.52. The largest absolute Gasteiger partial charge is 0.311 e. The Kier molecular flexibility index (Phi) is 3.72. The lowest BCUT2D eigenvalue weighted by molar-refractivity contribution is 0.0169. The number of hydrogen-bond donors (Lipinski definition) is 1. The highest BCUT2D eigenvalue weighted by molar-refractivity contribution is 7.99. The zero-order valence-electron chi connectivity index (χ0n) is 11.2. The van der Waals surface area contributed by atoms with Crippen molar-refractivity contribution in [3.8, 4) is 0 Å². The highest BCUT2D eigenvalue weighted by Gasteiger charge is 2.47. The average molecular weight is 253 g/mol. The van der Waals surface area contributed by atoms with Crippen molar-refractivity contribution in [2.45, 2.75) is 81.5 Å². The van der Waals surface area contributed by atoms with Crippen LogP contribution < -0.4 is 5.32 Å². The SMILES string of the molecule is CSC1CCC(NC2CCC23CCCCC3)C1. The minimum atomic E-state index is 0.746. The molecule has 0 aromatic heterocycles. The summed E-state index contributed by atoms with van der Waals surface area (Å²) in [6.07, 6.45) is 17.1. The standard InChI is InChI=1S/C15H27NS/c1-17-13-6-5-12(11-13)16-14-7-10-15(14)8-3-2-4-9-15/h12-14,16H,2-11H2,1H3. The van der Waals surface area contributed by atoms with Gasteiger partial charge in [-0.2, -0.15) is 11.8 Å². The van der Waals surface area contributed by atoms with Crippen molar-refractivity contribution in [3.63, 3.8) is 0 Å². The Morgan fingerprint density at radius 2 is 1.82 bits per heavy atom. The summed E-state index contributed by atoms with van der Waals surface area (Å²) < 4.78 is 0. The molecule has 0 saturated heterocycles. The summed E-state index contributed by atoms with van der Waals surface area (Å²) in [5.41, 5.74) is 0.746. The second-order valence-corrected chi connectivity index (χ2v) is 7.69. The van der Waals surface area contributed by atoms with E-state index in [9.17, 15) is 0 Å². The lowest BCUT2D eigenvalue weighted by Crippen LogP contribution is -2.56. The van der Waals surface area contributed by atoms with Gasteiger partial charge >= 0.3 is 0 Å². The van der Waals surface area contributed by atoms with E-state index in [1.54, 1.807) is 0 Å². The third kappa shape index (κ3) is 2.40. The predicted octanol–water partition coefficient (Wildman–Crippen LogP) is 3.97. The Morgan fingerprint density at radius 3 is 2.41 bits per heavy atom. The van der Waals surface area contributed by atoms with Gasteiger partial charge in [-0.1, -0.05) is 19.3 Å². The highest BCUT2D eigenvalue weighted by Crippen LogP contribution is 2.52. The lowest BCUT2D eigenvalue weighted by Gasteiger charge is -2.53. The fourth-order valence-electron chi connectivity index (χ4n) is 4.40. The quantitative estimate of drug-likeness (QED) is 0.816. The van der Waals surface area contributed by atoms with Crippen LogP contribution in [0.5, 0.6) is 0 Å². The van der Waals surface area contributed by atoms with Crippen molar-refractivity contribution in [1.29, 1.82) is 0 Å². The Labute approximate surface area is 111 Å². The van der Waals surface area contributed by atoms with E-state index >= 15 is 0 Å². The summed E-state index contributed by atoms with van der Waals surface area (Å²) in [4.78, 5) is 0. The molecule has 0 amide bonds. The first kappa shape index (κ1) is 12.3. The van der Waals surface area contributed by atoms with E-state index in [4.69, 9.17) is 0 Å². The van der Waals surface area contributed by atoms with E-state index in [-0.39, 0.29) is 0 Å². The molecule has 2 heteroatoms. The van der Waals surface area contributed by atoms with Gasteiger partial charge in [-0.3, -0.25) is 0 Å². The second-order valence-electron chi connectivity index (χ2n) is 6.55. The van der Waals surface area contributed by atoms with Gasteiger partial charge in [0.2, 0.25) is 0 Å². The fraction of sp³-hybridized carbons (Fsp3) is 1.00. The van der Waals surface area contributed by atoms with Crippen molar-refractivity contribution in [3.05, 3.63) is 0 Å². The van der Waals surface area contributed by atoms with Gasteiger partial charge < -0.3 is 5.32 Å². The van der Waals surface area contributed by atoms with Gasteiger partial charge in [0.15, 0.2) is 0 Å². The van der Waals surface area contributed by atoms with Gasteiger partial charge in [0, 0.05) is 17.3 Å². The van der Waals surface area contributed by atoms with E-state index in [2.05, 4.69) is 23.3 Å². The molecule has 0 heterocycles. The van der Waals surface area contributed by atoms with Crippen LogP contribution in [0.2, 0.25) is 0 Å². The number of rotatable bonds is 3. The smallest absolute Gasteiger partial charge is 0.0126 e. The summed E-state index contributed by atoms with van der Waals surface area (Å²) >= 11 is 2.08. The number of nitrogens with one attached hydrogen (secondary N) is 1. The first-order valence-electron chi connectivity index (χ1n) is 7.61. The molecule has 0 radical (unpaired) electrons. The molecule has 0 bridgehead atoms. The molecule has 3 unspecified atom stereocenters. The molecule has 0 aromatic rings. The van der Waals surface area contributed by atoms with Gasteiger partial charge in [0.25, 0.3) is 0 Å². The van der Waals surface area contributed by atoms with E-state index in [0.717, 1.165) is 22.7 Å². The van der Waals surface area contributed by atoms with E-state index in [1.807, 2.05) is 0 Å². The highest BCUT2D eigenvalue weighted by atomic mass is 32.2. The zero-order chi connectivity index (χ0) is 11.7. The van der Waals surface area contributed by atoms with Crippen molar-refractivity contribution >= 4 is 11.8 Å². The molecule has 1 nitrogen and oxygen atoms in total. The van der Waals surface area contributed by atoms with Crippen LogP contribution in [0.1, 0.15) is 64.2 Å². The molecule has 3 fully saturated rings. The van der Waals surface area contributed by atoms with Crippen molar-refractivity contribution < 1.29 is 0 Å². The number of hydrogen-bond acceptors (Lipinski definition) is 2. The number of thioether (sulfide) groups is 1.